The summed E-state index contributed by atoms with van der Waals surface area (Å²) in [7, 11) is 0. The van der Waals surface area contributed by atoms with E-state index in [0.717, 1.165) is 0 Å². The molecule has 2 amide bonds. The molecule has 7 heteroatoms. The van der Waals surface area contributed by atoms with Crippen molar-refractivity contribution in [2.24, 2.45) is 0 Å². The lowest BCUT2D eigenvalue weighted by Crippen LogP contribution is -2.53. The van der Waals surface area contributed by atoms with Crippen molar-refractivity contribution in [1.82, 2.24) is 4.90 Å². The van der Waals surface area contributed by atoms with E-state index < -0.39 is 5.60 Å². The molecule has 0 aromatic heterocycles. The standard InChI is InChI=1S/C20H18Cl2N2O3/c21-13-1-4-15(5-2-13)23-19(26)24-9-7-20(8-10-24)12-17(25)16-6-3-14(22)11-18(16)27-20/h1-6,11H,7-10,12H2,(H,23,26). The molecule has 0 bridgehead atoms. The van der Waals surface area contributed by atoms with Crippen LogP contribution in [0.4, 0.5) is 10.5 Å². The summed E-state index contributed by atoms with van der Waals surface area (Å²) in [6.07, 6.45) is 1.52. The number of amides is 2. The molecule has 1 fully saturated rings. The zero-order valence-electron chi connectivity index (χ0n) is 14.5. The number of ether oxygens (including phenoxy) is 1. The number of hydrogen-bond donors (Lipinski definition) is 1. The van der Waals surface area contributed by atoms with Gasteiger partial charge in [0.2, 0.25) is 0 Å². The molecular formula is C20H18Cl2N2O3. The van der Waals surface area contributed by atoms with E-state index in [0.29, 0.717) is 59.4 Å². The van der Waals surface area contributed by atoms with Gasteiger partial charge >= 0.3 is 6.03 Å². The zero-order chi connectivity index (χ0) is 19.0. The fraction of sp³-hybridized carbons (Fsp3) is 0.300. The topological polar surface area (TPSA) is 58.6 Å². The average molecular weight is 405 g/mol. The van der Waals surface area contributed by atoms with Gasteiger partial charge in [0.05, 0.1) is 12.0 Å². The van der Waals surface area contributed by atoms with Crippen molar-refractivity contribution in [2.45, 2.75) is 24.9 Å². The van der Waals surface area contributed by atoms with Gasteiger partial charge in [-0.2, -0.15) is 0 Å². The van der Waals surface area contributed by atoms with Gasteiger partial charge in [-0.25, -0.2) is 4.79 Å². The predicted molar refractivity (Wildman–Crippen MR) is 105 cm³/mol. The number of rotatable bonds is 1. The molecule has 0 aliphatic carbocycles. The Kier molecular flexibility index (Phi) is 4.74. The van der Waals surface area contributed by atoms with Crippen LogP contribution < -0.4 is 10.1 Å². The Balaban J connectivity index is 1.42. The largest absolute Gasteiger partial charge is 0.486 e. The van der Waals surface area contributed by atoms with E-state index in [4.69, 9.17) is 27.9 Å². The van der Waals surface area contributed by atoms with Crippen LogP contribution in [0.5, 0.6) is 5.75 Å². The minimum absolute atomic E-state index is 0.0620. The predicted octanol–water partition coefficient (Wildman–Crippen LogP) is 5.03. The van der Waals surface area contributed by atoms with Crippen LogP contribution in [0, 0.1) is 0 Å². The first-order chi connectivity index (χ1) is 12.9. The molecule has 27 heavy (non-hydrogen) atoms. The molecule has 0 atom stereocenters. The fourth-order valence-electron chi connectivity index (χ4n) is 3.60. The maximum Gasteiger partial charge on any atom is 0.321 e. The van der Waals surface area contributed by atoms with E-state index in [2.05, 4.69) is 5.32 Å². The summed E-state index contributed by atoms with van der Waals surface area (Å²) in [5.74, 6) is 0.602. The van der Waals surface area contributed by atoms with Crippen LogP contribution >= 0.6 is 23.2 Å². The number of nitrogens with one attached hydrogen (secondary N) is 1. The molecule has 1 spiro atoms. The van der Waals surface area contributed by atoms with Crippen molar-refractivity contribution in [1.29, 1.82) is 0 Å². The SMILES string of the molecule is O=C1CC2(CCN(C(=O)Nc3ccc(Cl)cc3)CC2)Oc2cc(Cl)ccc21. The number of fused-ring (bicyclic) bond motifs is 1. The van der Waals surface area contributed by atoms with Crippen LogP contribution in [0.1, 0.15) is 29.6 Å². The minimum atomic E-state index is -0.564. The first-order valence-corrected chi connectivity index (χ1v) is 9.53. The highest BCUT2D eigenvalue weighted by molar-refractivity contribution is 6.31. The van der Waals surface area contributed by atoms with E-state index in [1.54, 1.807) is 47.4 Å². The molecular weight excluding hydrogens is 387 g/mol. The number of likely N-dealkylation sites (tertiary alicyclic amines) is 1. The highest BCUT2D eigenvalue weighted by Crippen LogP contribution is 2.40. The maximum atomic E-state index is 12.5. The number of carbonyl (C=O) groups excluding carboxylic acids is 2. The third-order valence-corrected chi connectivity index (χ3v) is 5.60. The highest BCUT2D eigenvalue weighted by Gasteiger charge is 2.43. The van der Waals surface area contributed by atoms with E-state index in [1.165, 1.54) is 0 Å². The van der Waals surface area contributed by atoms with Crippen LogP contribution in [-0.2, 0) is 0 Å². The summed E-state index contributed by atoms with van der Waals surface area (Å²) < 4.78 is 6.19. The number of piperidine rings is 1. The molecule has 0 radical (unpaired) electrons. The van der Waals surface area contributed by atoms with Crippen molar-refractivity contribution >= 4 is 40.7 Å². The summed E-state index contributed by atoms with van der Waals surface area (Å²) in [5, 5.41) is 4.02. The van der Waals surface area contributed by atoms with Gasteiger partial charge in [0, 0.05) is 41.7 Å². The average Bonchev–Trinajstić information content (AvgIpc) is 2.63. The molecule has 2 aromatic carbocycles. The van der Waals surface area contributed by atoms with E-state index in [1.807, 2.05) is 0 Å². The van der Waals surface area contributed by atoms with E-state index >= 15 is 0 Å². The third kappa shape index (κ3) is 3.75. The number of ketones is 1. The summed E-state index contributed by atoms with van der Waals surface area (Å²) in [6, 6.07) is 11.9. The highest BCUT2D eigenvalue weighted by atomic mass is 35.5. The number of Topliss-reactive ketones (excluding diaryl/α,β-unsaturated/α-hetero) is 1. The Morgan fingerprint density at radius 1 is 1.04 bits per heavy atom. The summed E-state index contributed by atoms with van der Waals surface area (Å²) >= 11 is 11.9. The van der Waals surface area contributed by atoms with E-state index in [-0.39, 0.29) is 11.8 Å². The summed E-state index contributed by atoms with van der Waals surface area (Å²) in [6.45, 7) is 1.03. The molecule has 0 unspecified atom stereocenters. The van der Waals surface area contributed by atoms with Crippen LogP contribution in [0.25, 0.3) is 0 Å². The van der Waals surface area contributed by atoms with Gasteiger partial charge in [-0.05, 0) is 42.5 Å². The third-order valence-electron chi connectivity index (χ3n) is 5.11. The smallest absolute Gasteiger partial charge is 0.321 e. The Morgan fingerprint density at radius 2 is 1.70 bits per heavy atom. The molecule has 1 N–H and O–H groups in total. The summed E-state index contributed by atoms with van der Waals surface area (Å²) in [4.78, 5) is 26.8. The second-order valence-corrected chi connectivity index (χ2v) is 7.82. The van der Waals surface area contributed by atoms with Crippen molar-refractivity contribution in [2.75, 3.05) is 18.4 Å². The lowest BCUT2D eigenvalue weighted by atomic mass is 9.82. The quantitative estimate of drug-likeness (QED) is 0.725. The Bertz CT molecular complexity index is 891. The normalized spacial score (nSPS) is 18.0. The number of benzene rings is 2. The monoisotopic (exact) mass is 404 g/mol. The molecule has 140 valence electrons. The Labute approximate surface area is 167 Å². The first kappa shape index (κ1) is 18.1. The number of urea groups is 1. The Hall–Kier alpha value is -2.24. The Morgan fingerprint density at radius 3 is 2.41 bits per heavy atom. The van der Waals surface area contributed by atoms with Crippen molar-refractivity contribution in [3.05, 3.63) is 58.1 Å². The van der Waals surface area contributed by atoms with Gasteiger partial charge in [0.25, 0.3) is 0 Å². The lowest BCUT2D eigenvalue weighted by molar-refractivity contribution is 0.000401. The fourth-order valence-corrected chi connectivity index (χ4v) is 3.89. The molecule has 2 heterocycles. The van der Waals surface area contributed by atoms with Crippen molar-refractivity contribution in [3.8, 4) is 5.75 Å². The van der Waals surface area contributed by atoms with E-state index in [9.17, 15) is 9.59 Å². The van der Waals surface area contributed by atoms with Crippen LogP contribution in [0.15, 0.2) is 42.5 Å². The maximum absolute atomic E-state index is 12.5. The molecule has 2 aliphatic rings. The van der Waals surface area contributed by atoms with Gasteiger partial charge in [-0.15, -0.1) is 0 Å². The van der Waals surface area contributed by atoms with Gasteiger partial charge in [0.1, 0.15) is 11.4 Å². The molecule has 2 aliphatic heterocycles. The van der Waals surface area contributed by atoms with Crippen LogP contribution in [0.2, 0.25) is 10.0 Å². The molecule has 1 saturated heterocycles. The zero-order valence-corrected chi connectivity index (χ0v) is 16.0. The van der Waals surface area contributed by atoms with Gasteiger partial charge in [-0.3, -0.25) is 4.79 Å². The van der Waals surface area contributed by atoms with Crippen LogP contribution in [0.3, 0.4) is 0 Å². The van der Waals surface area contributed by atoms with Gasteiger partial charge in [-0.1, -0.05) is 23.2 Å². The van der Waals surface area contributed by atoms with Gasteiger partial charge < -0.3 is 15.0 Å². The second kappa shape index (κ2) is 7.06. The van der Waals surface area contributed by atoms with Crippen LogP contribution in [-0.4, -0.2) is 35.4 Å². The molecule has 4 rings (SSSR count). The number of halogens is 2. The number of hydrogen-bond acceptors (Lipinski definition) is 3. The molecule has 2 aromatic rings. The first-order valence-electron chi connectivity index (χ1n) is 8.77. The number of anilines is 1. The lowest BCUT2D eigenvalue weighted by Gasteiger charge is -2.43. The van der Waals surface area contributed by atoms with Crippen molar-refractivity contribution in [3.63, 3.8) is 0 Å². The molecule has 0 saturated carbocycles. The number of nitrogens with zero attached hydrogens (tertiary/aromatic N) is 1. The molecule has 5 nitrogen and oxygen atoms in total. The number of carbonyl (C=O) groups is 2. The van der Waals surface area contributed by atoms with Crippen molar-refractivity contribution < 1.29 is 14.3 Å². The second-order valence-electron chi connectivity index (χ2n) is 6.95. The van der Waals surface area contributed by atoms with Gasteiger partial charge in [0.15, 0.2) is 5.78 Å². The minimum Gasteiger partial charge on any atom is -0.486 e. The summed E-state index contributed by atoms with van der Waals surface area (Å²) in [5.41, 5.74) is 0.705.